The van der Waals surface area contributed by atoms with Crippen LogP contribution in [-0.4, -0.2) is 37.9 Å². The average Bonchev–Trinajstić information content (AvgIpc) is 2.98. The number of hydrogen-bond donors (Lipinski definition) is 1. The Hall–Kier alpha value is -0.940. The van der Waals surface area contributed by atoms with Crippen LogP contribution in [-0.2, 0) is 0 Å². The van der Waals surface area contributed by atoms with E-state index in [1.54, 1.807) is 0 Å². The summed E-state index contributed by atoms with van der Waals surface area (Å²) < 4.78 is 11.2. The van der Waals surface area contributed by atoms with Gasteiger partial charge in [0.25, 0.3) is 0 Å². The number of piperazine rings is 1. The summed E-state index contributed by atoms with van der Waals surface area (Å²) in [6.07, 6.45) is 4.08. The maximum absolute atomic E-state index is 5.69. The molecule has 2 heterocycles. The Bertz CT molecular complexity index is 479. The fraction of sp³-hybridized carbons (Fsp3) is 0.500. The van der Waals surface area contributed by atoms with Crippen molar-refractivity contribution in [1.82, 2.24) is 10.2 Å². The molecule has 0 unspecified atom stereocenters. The van der Waals surface area contributed by atoms with Crippen molar-refractivity contribution < 1.29 is 9.47 Å². The molecule has 0 bridgehead atoms. The van der Waals surface area contributed by atoms with Gasteiger partial charge in [-0.2, -0.15) is 0 Å². The Kier molecular flexibility index (Phi) is 8.04. The van der Waals surface area contributed by atoms with E-state index < -0.39 is 0 Å². The molecule has 2 aliphatic heterocycles. The molecule has 0 spiro atoms. The molecule has 1 aromatic carbocycles. The number of benzene rings is 1. The maximum Gasteiger partial charge on any atom is 0.231 e. The zero-order valence-corrected chi connectivity index (χ0v) is 14.3. The van der Waals surface area contributed by atoms with Crippen molar-refractivity contribution in [3.63, 3.8) is 0 Å². The van der Waals surface area contributed by atoms with E-state index in [1.807, 2.05) is 12.1 Å². The van der Waals surface area contributed by atoms with Crippen LogP contribution in [0.2, 0.25) is 0 Å². The third kappa shape index (κ3) is 4.07. The zero-order valence-electron chi connectivity index (χ0n) is 12.6. The summed E-state index contributed by atoms with van der Waals surface area (Å²) in [7, 11) is 0. The Morgan fingerprint density at radius 3 is 2.73 bits per heavy atom. The van der Waals surface area contributed by atoms with E-state index in [2.05, 4.69) is 28.9 Å². The number of para-hydroxylation sites is 1. The fourth-order valence-electron chi connectivity index (χ4n) is 3.02. The Balaban J connectivity index is 0.00000121. The lowest BCUT2D eigenvalue weighted by Crippen LogP contribution is -2.45. The van der Waals surface area contributed by atoms with E-state index >= 15 is 0 Å². The summed E-state index contributed by atoms with van der Waals surface area (Å²) in [6, 6.07) is 6.59. The SMILES string of the molecule is C=CCC[C@H](c1cccc2c1OCO2)N1CCNCC1.Cl.Cl. The average molecular weight is 347 g/mol. The summed E-state index contributed by atoms with van der Waals surface area (Å²) in [6.45, 7) is 8.45. The highest BCUT2D eigenvalue weighted by atomic mass is 35.5. The first-order valence-electron chi connectivity index (χ1n) is 7.34. The summed E-state index contributed by atoms with van der Waals surface area (Å²) in [5.74, 6) is 1.81. The molecule has 1 saturated heterocycles. The lowest BCUT2D eigenvalue weighted by atomic mass is 9.98. The van der Waals surface area contributed by atoms with Gasteiger partial charge < -0.3 is 14.8 Å². The van der Waals surface area contributed by atoms with Gasteiger partial charge in [-0.15, -0.1) is 31.4 Å². The third-order valence-electron chi connectivity index (χ3n) is 4.02. The minimum atomic E-state index is 0. The molecule has 0 aliphatic carbocycles. The van der Waals surface area contributed by atoms with E-state index in [9.17, 15) is 0 Å². The summed E-state index contributed by atoms with van der Waals surface area (Å²) in [4.78, 5) is 2.54. The van der Waals surface area contributed by atoms with Crippen LogP contribution in [0.3, 0.4) is 0 Å². The van der Waals surface area contributed by atoms with Gasteiger partial charge in [-0.25, -0.2) is 0 Å². The van der Waals surface area contributed by atoms with Crippen LogP contribution < -0.4 is 14.8 Å². The number of ether oxygens (including phenoxy) is 2. The van der Waals surface area contributed by atoms with Gasteiger partial charge in [0.2, 0.25) is 6.79 Å². The smallest absolute Gasteiger partial charge is 0.231 e. The van der Waals surface area contributed by atoms with Crippen molar-refractivity contribution >= 4 is 24.8 Å². The highest BCUT2D eigenvalue weighted by molar-refractivity contribution is 5.85. The monoisotopic (exact) mass is 346 g/mol. The molecule has 1 fully saturated rings. The maximum atomic E-state index is 5.69. The Labute approximate surface area is 144 Å². The predicted molar refractivity (Wildman–Crippen MR) is 93.7 cm³/mol. The second-order valence-electron chi connectivity index (χ2n) is 5.25. The Morgan fingerprint density at radius 1 is 1.23 bits per heavy atom. The number of fused-ring (bicyclic) bond motifs is 1. The molecule has 1 atom stereocenters. The molecule has 0 aromatic heterocycles. The standard InChI is InChI=1S/C16H22N2O2.2ClH/c1-2-3-6-14(18-10-8-17-9-11-18)13-5-4-7-15-16(13)20-12-19-15;;/h2,4-5,7,14,17H,1,3,6,8-12H2;2*1H/t14-;;/m1../s1. The van der Waals surface area contributed by atoms with Crippen LogP contribution in [0.4, 0.5) is 0 Å². The molecule has 4 nitrogen and oxygen atoms in total. The summed E-state index contributed by atoms with van der Waals surface area (Å²) >= 11 is 0. The van der Waals surface area contributed by atoms with Crippen molar-refractivity contribution in [3.05, 3.63) is 36.4 Å². The van der Waals surface area contributed by atoms with Gasteiger partial charge in [-0.1, -0.05) is 18.2 Å². The number of halogens is 2. The van der Waals surface area contributed by atoms with E-state index in [-0.39, 0.29) is 24.8 Å². The number of hydrogen-bond acceptors (Lipinski definition) is 4. The first kappa shape index (κ1) is 19.1. The number of nitrogens with zero attached hydrogens (tertiary/aromatic N) is 1. The third-order valence-corrected chi connectivity index (χ3v) is 4.02. The molecule has 3 rings (SSSR count). The predicted octanol–water partition coefficient (Wildman–Crippen LogP) is 3.17. The van der Waals surface area contributed by atoms with Crippen molar-refractivity contribution in [2.45, 2.75) is 18.9 Å². The normalized spacial score (nSPS) is 18.0. The van der Waals surface area contributed by atoms with Gasteiger partial charge in [0.15, 0.2) is 11.5 Å². The van der Waals surface area contributed by atoms with Crippen molar-refractivity contribution in [1.29, 1.82) is 0 Å². The van der Waals surface area contributed by atoms with Crippen LogP contribution in [0.15, 0.2) is 30.9 Å². The highest BCUT2D eigenvalue weighted by Crippen LogP contribution is 2.41. The first-order valence-corrected chi connectivity index (χ1v) is 7.34. The van der Waals surface area contributed by atoms with E-state index in [1.165, 1.54) is 5.56 Å². The molecule has 124 valence electrons. The zero-order chi connectivity index (χ0) is 13.8. The second-order valence-corrected chi connectivity index (χ2v) is 5.25. The van der Waals surface area contributed by atoms with Crippen LogP contribution in [0.25, 0.3) is 0 Å². The van der Waals surface area contributed by atoms with E-state index in [4.69, 9.17) is 9.47 Å². The minimum Gasteiger partial charge on any atom is -0.454 e. The molecule has 6 heteroatoms. The quantitative estimate of drug-likeness (QED) is 0.830. The van der Waals surface area contributed by atoms with Gasteiger partial charge in [-0.3, -0.25) is 4.90 Å². The van der Waals surface area contributed by atoms with E-state index in [0.29, 0.717) is 12.8 Å². The van der Waals surface area contributed by atoms with Crippen molar-refractivity contribution in [2.75, 3.05) is 33.0 Å². The summed E-state index contributed by atoms with van der Waals surface area (Å²) in [5.41, 5.74) is 1.25. The Morgan fingerprint density at radius 2 is 2.00 bits per heavy atom. The largest absolute Gasteiger partial charge is 0.454 e. The number of allylic oxidation sites excluding steroid dienone is 1. The van der Waals surface area contributed by atoms with Gasteiger partial charge in [-0.05, 0) is 18.9 Å². The molecule has 0 radical (unpaired) electrons. The number of rotatable bonds is 5. The second kappa shape index (κ2) is 9.26. The molecular formula is C16H24Cl2N2O2. The van der Waals surface area contributed by atoms with Crippen LogP contribution in [0, 0.1) is 0 Å². The van der Waals surface area contributed by atoms with Crippen LogP contribution in [0.5, 0.6) is 11.5 Å². The van der Waals surface area contributed by atoms with Gasteiger partial charge in [0.1, 0.15) is 0 Å². The minimum absolute atomic E-state index is 0. The lowest BCUT2D eigenvalue weighted by molar-refractivity contribution is 0.154. The highest BCUT2D eigenvalue weighted by Gasteiger charge is 2.27. The van der Waals surface area contributed by atoms with Gasteiger partial charge in [0, 0.05) is 37.8 Å². The van der Waals surface area contributed by atoms with Crippen LogP contribution in [0.1, 0.15) is 24.4 Å². The molecule has 1 aromatic rings. The molecule has 1 N–H and O–H groups in total. The van der Waals surface area contributed by atoms with Crippen molar-refractivity contribution in [2.24, 2.45) is 0 Å². The molecule has 0 saturated carbocycles. The van der Waals surface area contributed by atoms with Gasteiger partial charge in [0.05, 0.1) is 0 Å². The molecule has 2 aliphatic rings. The molecular weight excluding hydrogens is 323 g/mol. The molecule has 22 heavy (non-hydrogen) atoms. The summed E-state index contributed by atoms with van der Waals surface area (Å²) in [5, 5.41) is 3.41. The van der Waals surface area contributed by atoms with Crippen molar-refractivity contribution in [3.8, 4) is 11.5 Å². The molecule has 0 amide bonds. The lowest BCUT2D eigenvalue weighted by Gasteiger charge is -2.35. The van der Waals surface area contributed by atoms with Gasteiger partial charge >= 0.3 is 0 Å². The fourth-order valence-corrected chi connectivity index (χ4v) is 3.02. The first-order chi connectivity index (χ1) is 9.90. The number of nitrogens with one attached hydrogen (secondary N) is 1. The topological polar surface area (TPSA) is 33.7 Å². The van der Waals surface area contributed by atoms with Crippen LogP contribution >= 0.6 is 24.8 Å². The van der Waals surface area contributed by atoms with E-state index in [0.717, 1.165) is 50.5 Å².